The minimum atomic E-state index is 0.301. The molecule has 0 aromatic carbocycles. The number of piperidine rings is 1. The van der Waals surface area contributed by atoms with Gasteiger partial charge in [0.1, 0.15) is 0 Å². The highest BCUT2D eigenvalue weighted by molar-refractivity contribution is 5.04. The zero-order chi connectivity index (χ0) is 14.2. The highest BCUT2D eigenvalue weighted by atomic mass is 15.3. The van der Waals surface area contributed by atoms with Gasteiger partial charge in [0.2, 0.25) is 0 Å². The van der Waals surface area contributed by atoms with Crippen molar-refractivity contribution in [2.45, 2.75) is 75.9 Å². The third-order valence-electron chi connectivity index (χ3n) is 6.59. The van der Waals surface area contributed by atoms with Crippen molar-refractivity contribution in [3.8, 4) is 0 Å². The zero-order valence-electron chi connectivity index (χ0n) is 13.5. The van der Waals surface area contributed by atoms with Gasteiger partial charge < -0.3 is 10.6 Å². The average molecular weight is 279 g/mol. The minimum Gasteiger partial charge on any atom is -0.329 e. The Morgan fingerprint density at radius 1 is 1.10 bits per heavy atom. The second kappa shape index (κ2) is 5.94. The van der Waals surface area contributed by atoms with E-state index < -0.39 is 0 Å². The molecule has 3 fully saturated rings. The first-order valence-electron chi connectivity index (χ1n) is 8.83. The molecule has 0 spiro atoms. The summed E-state index contributed by atoms with van der Waals surface area (Å²) >= 11 is 0. The van der Waals surface area contributed by atoms with E-state index in [1.54, 1.807) is 0 Å². The Bertz CT molecular complexity index is 326. The van der Waals surface area contributed by atoms with E-state index in [2.05, 4.69) is 23.8 Å². The summed E-state index contributed by atoms with van der Waals surface area (Å²) in [7, 11) is 2.27. The highest BCUT2D eigenvalue weighted by Crippen LogP contribution is 2.42. The lowest BCUT2D eigenvalue weighted by molar-refractivity contribution is -0.0110. The van der Waals surface area contributed by atoms with Gasteiger partial charge >= 0.3 is 0 Å². The molecular weight excluding hydrogens is 246 g/mol. The summed E-state index contributed by atoms with van der Waals surface area (Å²) in [6, 6.07) is 1.52. The fraction of sp³-hybridized carbons (Fsp3) is 1.00. The van der Waals surface area contributed by atoms with Crippen LogP contribution in [-0.4, -0.2) is 54.1 Å². The van der Waals surface area contributed by atoms with Gasteiger partial charge in [-0.15, -0.1) is 0 Å². The lowest BCUT2D eigenvalue weighted by Gasteiger charge is -2.52. The van der Waals surface area contributed by atoms with Crippen LogP contribution in [0.15, 0.2) is 0 Å². The second-order valence-electron chi connectivity index (χ2n) is 7.66. The first-order chi connectivity index (χ1) is 9.66. The molecule has 3 nitrogen and oxygen atoms in total. The van der Waals surface area contributed by atoms with Gasteiger partial charge in [-0.3, -0.25) is 4.90 Å². The zero-order valence-corrected chi connectivity index (χ0v) is 13.5. The number of nitrogens with zero attached hydrogens (tertiary/aromatic N) is 2. The van der Waals surface area contributed by atoms with Crippen LogP contribution in [0.4, 0.5) is 0 Å². The molecule has 3 rings (SSSR count). The highest BCUT2D eigenvalue weighted by Gasteiger charge is 2.47. The SMILES string of the molecule is CC1CC(CN)(N2CCCC2C2CCCC2)CCN1C. The Labute approximate surface area is 124 Å². The van der Waals surface area contributed by atoms with Crippen molar-refractivity contribution in [3.05, 3.63) is 0 Å². The molecule has 0 aromatic heterocycles. The molecule has 3 unspecified atom stereocenters. The molecule has 0 aromatic rings. The second-order valence-corrected chi connectivity index (χ2v) is 7.66. The van der Waals surface area contributed by atoms with Crippen LogP contribution in [0, 0.1) is 5.92 Å². The number of nitrogens with two attached hydrogens (primary N) is 1. The number of rotatable bonds is 3. The summed E-state index contributed by atoms with van der Waals surface area (Å²) < 4.78 is 0. The predicted molar refractivity (Wildman–Crippen MR) is 84.8 cm³/mol. The van der Waals surface area contributed by atoms with E-state index in [4.69, 9.17) is 5.73 Å². The van der Waals surface area contributed by atoms with Gasteiger partial charge in [0.15, 0.2) is 0 Å². The van der Waals surface area contributed by atoms with E-state index in [1.165, 1.54) is 64.5 Å². The van der Waals surface area contributed by atoms with E-state index in [0.717, 1.165) is 18.5 Å². The predicted octanol–water partition coefficient (Wildman–Crippen LogP) is 2.45. The molecule has 1 aliphatic carbocycles. The Morgan fingerprint density at radius 2 is 1.85 bits per heavy atom. The van der Waals surface area contributed by atoms with E-state index in [-0.39, 0.29) is 0 Å². The van der Waals surface area contributed by atoms with Gasteiger partial charge in [0.05, 0.1) is 0 Å². The maximum absolute atomic E-state index is 6.33. The van der Waals surface area contributed by atoms with Crippen molar-refractivity contribution in [2.75, 3.05) is 26.7 Å². The van der Waals surface area contributed by atoms with Crippen molar-refractivity contribution >= 4 is 0 Å². The van der Waals surface area contributed by atoms with Crippen LogP contribution in [-0.2, 0) is 0 Å². The van der Waals surface area contributed by atoms with Crippen molar-refractivity contribution in [3.63, 3.8) is 0 Å². The first-order valence-corrected chi connectivity index (χ1v) is 8.83. The van der Waals surface area contributed by atoms with Crippen LogP contribution >= 0.6 is 0 Å². The van der Waals surface area contributed by atoms with Gasteiger partial charge in [-0.2, -0.15) is 0 Å². The fourth-order valence-electron chi connectivity index (χ4n) is 5.19. The lowest BCUT2D eigenvalue weighted by atomic mass is 9.80. The molecule has 0 bridgehead atoms. The summed E-state index contributed by atoms with van der Waals surface area (Å²) in [6.45, 7) is 5.75. The van der Waals surface area contributed by atoms with E-state index in [0.29, 0.717) is 11.6 Å². The topological polar surface area (TPSA) is 32.5 Å². The molecule has 0 radical (unpaired) electrons. The van der Waals surface area contributed by atoms with Crippen LogP contribution in [0.1, 0.15) is 58.3 Å². The van der Waals surface area contributed by atoms with Crippen LogP contribution < -0.4 is 5.73 Å². The van der Waals surface area contributed by atoms with Gasteiger partial charge in [-0.1, -0.05) is 12.8 Å². The van der Waals surface area contributed by atoms with Gasteiger partial charge in [0, 0.05) is 24.2 Å². The Balaban J connectivity index is 1.77. The molecule has 2 aliphatic heterocycles. The summed E-state index contributed by atoms with van der Waals surface area (Å²) in [5.41, 5.74) is 6.63. The smallest absolute Gasteiger partial charge is 0.0361 e. The molecule has 3 atom stereocenters. The summed E-state index contributed by atoms with van der Waals surface area (Å²) in [5.74, 6) is 0.968. The molecule has 116 valence electrons. The number of hydrogen-bond acceptors (Lipinski definition) is 3. The van der Waals surface area contributed by atoms with E-state index in [1.807, 2.05) is 0 Å². The first kappa shape index (κ1) is 14.8. The maximum Gasteiger partial charge on any atom is 0.0361 e. The quantitative estimate of drug-likeness (QED) is 0.861. The Morgan fingerprint density at radius 3 is 2.50 bits per heavy atom. The number of likely N-dealkylation sites (tertiary alicyclic amines) is 2. The number of hydrogen-bond donors (Lipinski definition) is 1. The third-order valence-corrected chi connectivity index (χ3v) is 6.59. The van der Waals surface area contributed by atoms with Gasteiger partial charge in [-0.05, 0) is 71.5 Å². The Hall–Kier alpha value is -0.120. The van der Waals surface area contributed by atoms with Gasteiger partial charge in [0.25, 0.3) is 0 Å². The van der Waals surface area contributed by atoms with Crippen molar-refractivity contribution < 1.29 is 0 Å². The molecule has 0 amide bonds. The van der Waals surface area contributed by atoms with Crippen LogP contribution in [0.5, 0.6) is 0 Å². The largest absolute Gasteiger partial charge is 0.329 e. The molecule has 20 heavy (non-hydrogen) atoms. The lowest BCUT2D eigenvalue weighted by Crippen LogP contribution is -2.62. The van der Waals surface area contributed by atoms with E-state index >= 15 is 0 Å². The average Bonchev–Trinajstić information content (AvgIpc) is 3.11. The summed E-state index contributed by atoms with van der Waals surface area (Å²) in [5, 5.41) is 0. The summed E-state index contributed by atoms with van der Waals surface area (Å²) in [6.07, 6.45) is 11.2. The normalized spacial score (nSPS) is 41.5. The Kier molecular flexibility index (Phi) is 4.40. The summed E-state index contributed by atoms with van der Waals surface area (Å²) in [4.78, 5) is 5.39. The van der Waals surface area contributed by atoms with Crippen molar-refractivity contribution in [2.24, 2.45) is 11.7 Å². The molecule has 3 heteroatoms. The molecule has 2 N–H and O–H groups in total. The molecule has 3 aliphatic rings. The minimum absolute atomic E-state index is 0.301. The van der Waals surface area contributed by atoms with Crippen LogP contribution in [0.3, 0.4) is 0 Å². The van der Waals surface area contributed by atoms with Crippen molar-refractivity contribution in [1.82, 2.24) is 9.80 Å². The molecule has 2 saturated heterocycles. The fourth-order valence-corrected chi connectivity index (χ4v) is 5.19. The molecular formula is C17H33N3. The molecule has 2 heterocycles. The standard InChI is InChI=1S/C17H33N3/c1-14-12-17(13-18,9-11-19(14)2)20-10-5-8-16(20)15-6-3-4-7-15/h14-16H,3-13,18H2,1-2H3. The van der Waals surface area contributed by atoms with Crippen LogP contribution in [0.2, 0.25) is 0 Å². The van der Waals surface area contributed by atoms with Crippen molar-refractivity contribution in [1.29, 1.82) is 0 Å². The monoisotopic (exact) mass is 279 g/mol. The van der Waals surface area contributed by atoms with Crippen LogP contribution in [0.25, 0.3) is 0 Å². The van der Waals surface area contributed by atoms with E-state index in [9.17, 15) is 0 Å². The third kappa shape index (κ3) is 2.53. The van der Waals surface area contributed by atoms with Gasteiger partial charge in [-0.25, -0.2) is 0 Å². The molecule has 1 saturated carbocycles. The maximum atomic E-state index is 6.33.